The third-order valence-corrected chi connectivity index (χ3v) is 4.39. The van der Waals surface area contributed by atoms with Gasteiger partial charge in [-0.15, -0.1) is 0 Å². The predicted molar refractivity (Wildman–Crippen MR) is 93.1 cm³/mol. The Hall–Kier alpha value is -1.39. The highest BCUT2D eigenvalue weighted by Crippen LogP contribution is 2.16. The van der Waals surface area contributed by atoms with Gasteiger partial charge in [0, 0.05) is 12.6 Å². The van der Waals surface area contributed by atoms with Gasteiger partial charge in [0.25, 0.3) is 0 Å². The average molecular weight is 318 g/mol. The maximum absolute atomic E-state index is 12.6. The number of ether oxygens (including phenoxy) is 1. The summed E-state index contributed by atoms with van der Waals surface area (Å²) in [6.07, 6.45) is 3.25. The van der Waals surface area contributed by atoms with Crippen molar-refractivity contribution in [2.45, 2.75) is 51.8 Å². The fourth-order valence-corrected chi connectivity index (χ4v) is 3.11. The van der Waals surface area contributed by atoms with E-state index in [0.717, 1.165) is 25.1 Å². The first-order valence-electron chi connectivity index (χ1n) is 8.70. The molecule has 1 aliphatic rings. The summed E-state index contributed by atoms with van der Waals surface area (Å²) in [7, 11) is 2.04. The highest BCUT2D eigenvalue weighted by Gasteiger charge is 2.28. The summed E-state index contributed by atoms with van der Waals surface area (Å²) < 4.78 is 5.58. The largest absolute Gasteiger partial charge is 0.460 e. The van der Waals surface area contributed by atoms with Gasteiger partial charge in [0.15, 0.2) is 0 Å². The van der Waals surface area contributed by atoms with Gasteiger partial charge in [-0.1, -0.05) is 44.2 Å². The van der Waals surface area contributed by atoms with Crippen LogP contribution in [0.25, 0.3) is 0 Å². The summed E-state index contributed by atoms with van der Waals surface area (Å²) in [6.45, 7) is 6.64. The zero-order chi connectivity index (χ0) is 16.7. The van der Waals surface area contributed by atoms with E-state index in [2.05, 4.69) is 24.1 Å². The van der Waals surface area contributed by atoms with Crippen LogP contribution in [0.1, 0.15) is 38.7 Å². The Morgan fingerprint density at radius 2 is 2.09 bits per heavy atom. The van der Waals surface area contributed by atoms with E-state index >= 15 is 0 Å². The Kier molecular flexibility index (Phi) is 7.06. The number of nitrogens with one attached hydrogen (secondary N) is 1. The van der Waals surface area contributed by atoms with E-state index in [4.69, 9.17) is 4.74 Å². The molecule has 2 unspecified atom stereocenters. The molecule has 0 saturated carbocycles. The number of nitrogens with zero attached hydrogens (tertiary/aromatic N) is 1. The fraction of sp³-hybridized carbons (Fsp3) is 0.632. The predicted octanol–water partition coefficient (Wildman–Crippen LogP) is 2.83. The van der Waals surface area contributed by atoms with E-state index in [-0.39, 0.29) is 12.0 Å². The Labute approximate surface area is 140 Å². The van der Waals surface area contributed by atoms with Crippen molar-refractivity contribution in [3.05, 3.63) is 35.9 Å². The SMILES string of the molecule is CC(C)CC(C(=O)OCc1ccccc1)N(C)CC1CCCN1. The minimum atomic E-state index is -0.166. The lowest BCUT2D eigenvalue weighted by Crippen LogP contribution is -2.46. The van der Waals surface area contributed by atoms with E-state index in [0.29, 0.717) is 18.6 Å². The van der Waals surface area contributed by atoms with Crippen LogP contribution in [-0.2, 0) is 16.1 Å². The summed E-state index contributed by atoms with van der Waals surface area (Å²) in [4.78, 5) is 14.7. The number of carbonyl (C=O) groups is 1. The standard InChI is InChI=1S/C19H30N2O2/c1-15(2)12-18(21(3)13-17-10-7-11-20-17)19(22)23-14-16-8-5-4-6-9-16/h4-6,8-9,15,17-18,20H,7,10-14H2,1-3H3. The van der Waals surface area contributed by atoms with Crippen LogP contribution in [-0.4, -0.2) is 43.1 Å². The number of hydrogen-bond acceptors (Lipinski definition) is 4. The maximum atomic E-state index is 12.6. The van der Waals surface area contributed by atoms with E-state index < -0.39 is 0 Å². The molecule has 23 heavy (non-hydrogen) atoms. The van der Waals surface area contributed by atoms with Crippen molar-refractivity contribution in [2.24, 2.45) is 5.92 Å². The molecule has 0 aromatic heterocycles. The molecule has 1 N–H and O–H groups in total. The lowest BCUT2D eigenvalue weighted by atomic mass is 10.0. The lowest BCUT2D eigenvalue weighted by Gasteiger charge is -2.29. The number of esters is 1. The average Bonchev–Trinajstić information content (AvgIpc) is 3.04. The topological polar surface area (TPSA) is 41.6 Å². The highest BCUT2D eigenvalue weighted by molar-refractivity contribution is 5.75. The molecule has 1 fully saturated rings. The van der Waals surface area contributed by atoms with Crippen molar-refractivity contribution < 1.29 is 9.53 Å². The molecule has 0 spiro atoms. The van der Waals surface area contributed by atoms with Crippen LogP contribution in [0.2, 0.25) is 0 Å². The second-order valence-corrected chi connectivity index (χ2v) is 6.97. The van der Waals surface area contributed by atoms with E-state index in [1.54, 1.807) is 0 Å². The second kappa shape index (κ2) is 9.04. The first-order valence-corrected chi connectivity index (χ1v) is 8.70. The van der Waals surface area contributed by atoms with Crippen LogP contribution < -0.4 is 5.32 Å². The number of carbonyl (C=O) groups excluding carboxylic acids is 1. The molecule has 1 aromatic rings. The van der Waals surface area contributed by atoms with Crippen LogP contribution >= 0.6 is 0 Å². The van der Waals surface area contributed by atoms with Gasteiger partial charge in [0.1, 0.15) is 12.6 Å². The smallest absolute Gasteiger partial charge is 0.323 e. The van der Waals surface area contributed by atoms with Gasteiger partial charge in [-0.05, 0) is 44.3 Å². The first kappa shape index (κ1) is 18.0. The molecule has 4 heteroatoms. The normalized spacial score (nSPS) is 19.3. The van der Waals surface area contributed by atoms with Crippen molar-refractivity contribution in [1.29, 1.82) is 0 Å². The van der Waals surface area contributed by atoms with Gasteiger partial charge in [-0.25, -0.2) is 0 Å². The van der Waals surface area contributed by atoms with E-state index in [9.17, 15) is 4.79 Å². The molecule has 1 aliphatic heterocycles. The Morgan fingerprint density at radius 3 is 2.70 bits per heavy atom. The highest BCUT2D eigenvalue weighted by atomic mass is 16.5. The van der Waals surface area contributed by atoms with Gasteiger partial charge in [-0.3, -0.25) is 9.69 Å². The molecule has 0 bridgehead atoms. The molecule has 1 heterocycles. The number of benzene rings is 1. The molecule has 1 aromatic carbocycles. The number of likely N-dealkylation sites (N-methyl/N-ethyl adjacent to an activating group) is 1. The molecule has 128 valence electrons. The van der Waals surface area contributed by atoms with E-state index in [1.165, 1.54) is 12.8 Å². The van der Waals surface area contributed by atoms with Crippen LogP contribution in [0.5, 0.6) is 0 Å². The molecule has 0 aliphatic carbocycles. The van der Waals surface area contributed by atoms with Gasteiger partial charge in [0.05, 0.1) is 0 Å². The fourth-order valence-electron chi connectivity index (χ4n) is 3.11. The number of rotatable bonds is 8. The summed E-state index contributed by atoms with van der Waals surface area (Å²) in [5, 5.41) is 3.50. The molecule has 1 saturated heterocycles. The Morgan fingerprint density at radius 1 is 1.35 bits per heavy atom. The summed E-state index contributed by atoms with van der Waals surface area (Å²) in [5.74, 6) is 0.353. The molecule has 0 radical (unpaired) electrons. The Balaban J connectivity index is 1.91. The molecular formula is C19H30N2O2. The van der Waals surface area contributed by atoms with Crippen molar-refractivity contribution in [3.8, 4) is 0 Å². The molecular weight excluding hydrogens is 288 g/mol. The van der Waals surface area contributed by atoms with Crippen LogP contribution in [0.4, 0.5) is 0 Å². The van der Waals surface area contributed by atoms with Gasteiger partial charge < -0.3 is 10.1 Å². The summed E-state index contributed by atoms with van der Waals surface area (Å²) in [6, 6.07) is 10.2. The van der Waals surface area contributed by atoms with Crippen LogP contribution in [0.15, 0.2) is 30.3 Å². The second-order valence-electron chi connectivity index (χ2n) is 6.97. The van der Waals surface area contributed by atoms with Gasteiger partial charge >= 0.3 is 5.97 Å². The third-order valence-electron chi connectivity index (χ3n) is 4.39. The van der Waals surface area contributed by atoms with Gasteiger partial charge in [0.2, 0.25) is 0 Å². The zero-order valence-corrected chi connectivity index (χ0v) is 14.6. The molecule has 2 atom stereocenters. The lowest BCUT2D eigenvalue weighted by molar-refractivity contribution is -0.151. The molecule has 4 nitrogen and oxygen atoms in total. The first-order chi connectivity index (χ1) is 11.1. The molecule has 0 amide bonds. The third kappa shape index (κ3) is 5.96. The molecule has 2 rings (SSSR count). The zero-order valence-electron chi connectivity index (χ0n) is 14.6. The van der Waals surface area contributed by atoms with Gasteiger partial charge in [-0.2, -0.15) is 0 Å². The maximum Gasteiger partial charge on any atom is 0.323 e. The summed E-state index contributed by atoms with van der Waals surface area (Å²) in [5.41, 5.74) is 1.03. The van der Waals surface area contributed by atoms with Crippen molar-refractivity contribution in [2.75, 3.05) is 20.1 Å². The monoisotopic (exact) mass is 318 g/mol. The quantitative estimate of drug-likeness (QED) is 0.748. The van der Waals surface area contributed by atoms with Crippen LogP contribution in [0, 0.1) is 5.92 Å². The number of hydrogen-bond donors (Lipinski definition) is 1. The Bertz CT molecular complexity index is 470. The minimum absolute atomic E-state index is 0.108. The summed E-state index contributed by atoms with van der Waals surface area (Å²) >= 11 is 0. The van der Waals surface area contributed by atoms with Crippen LogP contribution in [0.3, 0.4) is 0 Å². The van der Waals surface area contributed by atoms with Crippen molar-refractivity contribution in [3.63, 3.8) is 0 Å². The van der Waals surface area contributed by atoms with E-state index in [1.807, 2.05) is 37.4 Å². The van der Waals surface area contributed by atoms with Crippen molar-refractivity contribution in [1.82, 2.24) is 10.2 Å². The van der Waals surface area contributed by atoms with Crippen molar-refractivity contribution >= 4 is 5.97 Å². The minimum Gasteiger partial charge on any atom is -0.460 e.